The summed E-state index contributed by atoms with van der Waals surface area (Å²) in [5.41, 5.74) is 1.04. The first-order valence-corrected chi connectivity index (χ1v) is 12.9. The SMILES string of the molecule is CCNC(=NCCc1ccc(S(C)(=O)=O)cc1)NCCNC(=O)CC1CCCCC1.I. The zero-order chi connectivity index (χ0) is 21.8. The maximum absolute atomic E-state index is 12.1. The minimum atomic E-state index is -3.17. The molecule has 176 valence electrons. The molecule has 0 unspecified atom stereocenters. The van der Waals surface area contributed by atoms with Crippen LogP contribution in [0.15, 0.2) is 34.2 Å². The summed E-state index contributed by atoms with van der Waals surface area (Å²) in [7, 11) is -3.17. The van der Waals surface area contributed by atoms with Crippen LogP contribution >= 0.6 is 24.0 Å². The quantitative estimate of drug-likeness (QED) is 0.176. The van der Waals surface area contributed by atoms with Crippen LogP contribution in [0.4, 0.5) is 0 Å². The second kappa shape index (κ2) is 14.7. The van der Waals surface area contributed by atoms with Crippen molar-refractivity contribution >= 4 is 45.7 Å². The van der Waals surface area contributed by atoms with Crippen molar-refractivity contribution in [2.24, 2.45) is 10.9 Å². The van der Waals surface area contributed by atoms with Gasteiger partial charge in [0, 0.05) is 38.9 Å². The van der Waals surface area contributed by atoms with Gasteiger partial charge in [0.2, 0.25) is 5.91 Å². The van der Waals surface area contributed by atoms with Crippen molar-refractivity contribution in [1.82, 2.24) is 16.0 Å². The number of hydrogen-bond acceptors (Lipinski definition) is 4. The van der Waals surface area contributed by atoms with Gasteiger partial charge in [-0.25, -0.2) is 8.42 Å². The third kappa shape index (κ3) is 11.2. The van der Waals surface area contributed by atoms with Crippen molar-refractivity contribution in [2.45, 2.75) is 56.8 Å². The predicted molar refractivity (Wildman–Crippen MR) is 137 cm³/mol. The van der Waals surface area contributed by atoms with E-state index in [0.717, 1.165) is 18.5 Å². The molecule has 9 heteroatoms. The fourth-order valence-electron chi connectivity index (χ4n) is 3.65. The molecule has 1 aliphatic rings. The van der Waals surface area contributed by atoms with Crippen molar-refractivity contribution in [2.75, 3.05) is 32.4 Å². The minimum Gasteiger partial charge on any atom is -0.357 e. The summed E-state index contributed by atoms with van der Waals surface area (Å²) in [6.45, 7) is 4.53. The number of aliphatic imine (C=N–C) groups is 1. The number of carbonyl (C=O) groups is 1. The lowest BCUT2D eigenvalue weighted by Crippen LogP contribution is -2.41. The minimum absolute atomic E-state index is 0. The van der Waals surface area contributed by atoms with Crippen LogP contribution in [0.1, 0.15) is 51.0 Å². The van der Waals surface area contributed by atoms with Crippen molar-refractivity contribution < 1.29 is 13.2 Å². The highest BCUT2D eigenvalue weighted by atomic mass is 127. The molecule has 0 saturated heterocycles. The van der Waals surface area contributed by atoms with Crippen LogP contribution in [0.3, 0.4) is 0 Å². The molecule has 2 rings (SSSR count). The smallest absolute Gasteiger partial charge is 0.220 e. The number of guanidine groups is 1. The zero-order valence-corrected chi connectivity index (χ0v) is 21.8. The van der Waals surface area contributed by atoms with Gasteiger partial charge in [-0.15, -0.1) is 24.0 Å². The number of rotatable bonds is 10. The summed E-state index contributed by atoms with van der Waals surface area (Å²) >= 11 is 0. The fraction of sp³-hybridized carbons (Fsp3) is 0.636. The second-order valence-corrected chi connectivity index (χ2v) is 9.93. The Morgan fingerprint density at radius 3 is 2.29 bits per heavy atom. The Labute approximate surface area is 204 Å². The maximum Gasteiger partial charge on any atom is 0.220 e. The van der Waals surface area contributed by atoms with Crippen molar-refractivity contribution in [3.05, 3.63) is 29.8 Å². The molecule has 1 aliphatic carbocycles. The van der Waals surface area contributed by atoms with E-state index in [1.807, 2.05) is 19.1 Å². The largest absolute Gasteiger partial charge is 0.357 e. The third-order valence-electron chi connectivity index (χ3n) is 5.30. The van der Waals surface area contributed by atoms with Crippen LogP contribution in [0.25, 0.3) is 0 Å². The number of carbonyl (C=O) groups excluding carboxylic acids is 1. The van der Waals surface area contributed by atoms with E-state index in [0.29, 0.717) is 42.8 Å². The Bertz CT molecular complexity index is 791. The topological polar surface area (TPSA) is 99.7 Å². The highest BCUT2D eigenvalue weighted by Gasteiger charge is 2.16. The molecular formula is C22H37IN4O3S. The Morgan fingerprint density at radius 1 is 1.03 bits per heavy atom. The number of hydrogen-bond donors (Lipinski definition) is 3. The molecule has 7 nitrogen and oxygen atoms in total. The Hall–Kier alpha value is -1.36. The molecule has 1 aromatic carbocycles. The standard InChI is InChI=1S/C22H36N4O3S.HI/c1-3-23-22(25-14-13-18-9-11-20(12-10-18)30(2,28)29)26-16-15-24-21(27)17-19-7-5-4-6-8-19;/h9-12,19H,3-8,13-17H2,1-2H3,(H,24,27)(H2,23,25,26);1H. The van der Waals surface area contributed by atoms with Gasteiger partial charge in [0.1, 0.15) is 0 Å². The monoisotopic (exact) mass is 564 g/mol. The molecule has 1 fully saturated rings. The zero-order valence-electron chi connectivity index (χ0n) is 18.7. The maximum atomic E-state index is 12.1. The summed E-state index contributed by atoms with van der Waals surface area (Å²) in [5.74, 6) is 1.41. The number of amides is 1. The molecule has 0 aliphatic heterocycles. The average molecular weight is 565 g/mol. The first-order chi connectivity index (χ1) is 14.4. The molecule has 0 aromatic heterocycles. The van der Waals surface area contributed by atoms with Crippen molar-refractivity contribution in [3.8, 4) is 0 Å². The lowest BCUT2D eigenvalue weighted by atomic mass is 9.87. The second-order valence-electron chi connectivity index (χ2n) is 7.91. The normalized spacial score (nSPS) is 15.1. The van der Waals surface area contributed by atoms with Crippen LogP contribution in [-0.2, 0) is 21.1 Å². The van der Waals surface area contributed by atoms with Gasteiger partial charge >= 0.3 is 0 Å². The van der Waals surface area contributed by atoms with E-state index in [9.17, 15) is 13.2 Å². The fourth-order valence-corrected chi connectivity index (χ4v) is 4.28. The summed E-state index contributed by atoms with van der Waals surface area (Å²) < 4.78 is 23.0. The van der Waals surface area contributed by atoms with E-state index in [4.69, 9.17) is 0 Å². The molecule has 0 radical (unpaired) electrons. The lowest BCUT2D eigenvalue weighted by molar-refractivity contribution is -0.122. The summed E-state index contributed by atoms with van der Waals surface area (Å²) in [6, 6.07) is 6.92. The van der Waals surface area contributed by atoms with Gasteiger partial charge in [-0.2, -0.15) is 0 Å². The van der Waals surface area contributed by atoms with E-state index < -0.39 is 9.84 Å². The summed E-state index contributed by atoms with van der Waals surface area (Å²) in [4.78, 5) is 17.0. The Morgan fingerprint density at radius 2 is 1.68 bits per heavy atom. The number of nitrogens with one attached hydrogen (secondary N) is 3. The molecule has 1 aromatic rings. The predicted octanol–water partition coefficient (Wildman–Crippen LogP) is 2.89. The highest BCUT2D eigenvalue weighted by Crippen LogP contribution is 2.25. The Kier molecular flexibility index (Phi) is 13.1. The van der Waals surface area contributed by atoms with Crippen LogP contribution in [-0.4, -0.2) is 52.7 Å². The van der Waals surface area contributed by atoms with Gasteiger partial charge < -0.3 is 16.0 Å². The number of halogens is 1. The number of sulfone groups is 1. The highest BCUT2D eigenvalue weighted by molar-refractivity contribution is 14.0. The summed E-state index contributed by atoms with van der Waals surface area (Å²) in [5, 5.41) is 9.43. The molecule has 1 amide bonds. The molecular weight excluding hydrogens is 527 g/mol. The van der Waals surface area contributed by atoms with Crippen molar-refractivity contribution in [3.63, 3.8) is 0 Å². The van der Waals surface area contributed by atoms with Gasteiger partial charge in [0.05, 0.1) is 4.90 Å². The van der Waals surface area contributed by atoms with Crippen LogP contribution in [0, 0.1) is 5.92 Å². The van der Waals surface area contributed by atoms with Crippen LogP contribution < -0.4 is 16.0 Å². The van der Waals surface area contributed by atoms with E-state index in [1.54, 1.807) is 12.1 Å². The molecule has 0 spiro atoms. The van der Waals surface area contributed by atoms with Crippen LogP contribution in [0.5, 0.6) is 0 Å². The molecule has 0 atom stereocenters. The van der Waals surface area contributed by atoms with Crippen LogP contribution in [0.2, 0.25) is 0 Å². The lowest BCUT2D eigenvalue weighted by Gasteiger charge is -2.20. The Balaban J connectivity index is 0.00000480. The first kappa shape index (κ1) is 27.7. The number of benzene rings is 1. The van der Waals surface area contributed by atoms with E-state index >= 15 is 0 Å². The third-order valence-corrected chi connectivity index (χ3v) is 6.43. The van der Waals surface area contributed by atoms with Gasteiger partial charge in [-0.05, 0) is 49.8 Å². The van der Waals surface area contributed by atoms with E-state index in [2.05, 4.69) is 20.9 Å². The van der Waals surface area contributed by atoms with Gasteiger partial charge in [-0.3, -0.25) is 9.79 Å². The average Bonchev–Trinajstić information content (AvgIpc) is 2.71. The molecule has 0 heterocycles. The molecule has 31 heavy (non-hydrogen) atoms. The van der Waals surface area contributed by atoms with Crippen molar-refractivity contribution in [1.29, 1.82) is 0 Å². The number of nitrogens with zero attached hydrogens (tertiary/aromatic N) is 1. The van der Waals surface area contributed by atoms with Gasteiger partial charge in [-0.1, -0.05) is 31.4 Å². The van der Waals surface area contributed by atoms with Gasteiger partial charge in [0.15, 0.2) is 15.8 Å². The molecule has 3 N–H and O–H groups in total. The first-order valence-electron chi connectivity index (χ1n) is 11.0. The van der Waals surface area contributed by atoms with E-state index in [1.165, 1.54) is 38.4 Å². The summed E-state index contributed by atoms with van der Waals surface area (Å²) in [6.07, 6.45) is 8.75. The van der Waals surface area contributed by atoms with Gasteiger partial charge in [0.25, 0.3) is 0 Å². The molecule has 0 bridgehead atoms. The van der Waals surface area contributed by atoms with E-state index in [-0.39, 0.29) is 29.9 Å². The molecule has 1 saturated carbocycles.